The molecule has 0 aliphatic carbocycles. The third kappa shape index (κ3) is 10.8. The van der Waals surface area contributed by atoms with Gasteiger partial charge in [0, 0.05) is 33.8 Å². The average molecular weight is 421 g/mol. The Bertz CT molecular complexity index is 355. The van der Waals surface area contributed by atoms with Gasteiger partial charge in [-0.1, -0.05) is 59.3 Å². The summed E-state index contributed by atoms with van der Waals surface area (Å²) in [6, 6.07) is 3.99. The fraction of sp³-hybridized carbons (Fsp3) is 0.950. The van der Waals surface area contributed by atoms with Gasteiger partial charge in [-0.15, -0.1) is 0 Å². The van der Waals surface area contributed by atoms with Gasteiger partial charge in [-0.2, -0.15) is 0 Å². The molecule has 5 nitrogen and oxygen atoms in total. The van der Waals surface area contributed by atoms with Crippen LogP contribution in [0, 0.1) is 0 Å². The maximum atomic E-state index is 12.1. The first-order chi connectivity index (χ1) is 13.0. The number of hydrogen-bond acceptors (Lipinski definition) is 5. The molecule has 0 aromatic carbocycles. The number of hydrogen-bond donors (Lipinski definition) is 0. The molecule has 0 spiro atoms. The van der Waals surface area contributed by atoms with E-state index in [2.05, 4.69) is 20.8 Å². The van der Waals surface area contributed by atoms with E-state index in [1.807, 2.05) is 0 Å². The molecule has 0 bridgehead atoms. The summed E-state index contributed by atoms with van der Waals surface area (Å²) < 4.78 is 22.2. The van der Waals surface area contributed by atoms with Crippen LogP contribution in [-0.4, -0.2) is 44.4 Å². The van der Waals surface area contributed by atoms with E-state index in [1.165, 1.54) is 32.1 Å². The lowest BCUT2D eigenvalue weighted by atomic mass is 10.1. The maximum absolute atomic E-state index is 12.1. The van der Waals surface area contributed by atoms with Crippen molar-refractivity contribution < 1.29 is 22.5 Å². The smallest absolute Gasteiger partial charge is 0.500 e. The van der Waals surface area contributed by atoms with Crippen molar-refractivity contribution >= 4 is 23.1 Å². The summed E-state index contributed by atoms with van der Waals surface area (Å²) in [5.74, 6) is 0.0364. The van der Waals surface area contributed by atoms with Gasteiger partial charge in [0.2, 0.25) is 0 Å². The van der Waals surface area contributed by atoms with Crippen LogP contribution >= 0.6 is 0 Å². The number of unbranched alkanes of at least 4 members (excludes halogenated alkanes) is 7. The Balaban J connectivity index is 3.66. The molecule has 0 N–H and O–H groups in total. The minimum Gasteiger partial charge on any atom is -0.519 e. The van der Waals surface area contributed by atoms with Crippen LogP contribution in [0.5, 0.6) is 0 Å². The van der Waals surface area contributed by atoms with Gasteiger partial charge in [-0.05, 0) is 31.0 Å². The SMILES string of the molecule is CC[Si](CC)(CC)OC(=O)CCCCCCCCCC[Si](OC)(OC)OC. The fourth-order valence-corrected chi connectivity index (χ4v) is 7.80. The average Bonchev–Trinajstić information content (AvgIpc) is 2.71. The third-order valence-corrected chi connectivity index (χ3v) is 13.2. The summed E-state index contributed by atoms with van der Waals surface area (Å²) in [7, 11) is 0.860. The van der Waals surface area contributed by atoms with Crippen molar-refractivity contribution in [3.05, 3.63) is 0 Å². The predicted octanol–water partition coefficient (Wildman–Crippen LogP) is 5.92. The van der Waals surface area contributed by atoms with Gasteiger partial charge in [0.15, 0.2) is 0 Å². The molecule has 7 heteroatoms. The van der Waals surface area contributed by atoms with Crippen LogP contribution in [0.1, 0.15) is 78.6 Å². The molecule has 0 aromatic rings. The zero-order valence-electron chi connectivity index (χ0n) is 18.7. The normalized spacial score (nSPS) is 12.4. The monoisotopic (exact) mass is 420 g/mol. The first kappa shape index (κ1) is 26.8. The van der Waals surface area contributed by atoms with Crippen molar-refractivity contribution in [2.24, 2.45) is 0 Å². The van der Waals surface area contributed by atoms with Crippen LogP contribution in [0.3, 0.4) is 0 Å². The number of carbonyl (C=O) groups excluding carboxylic acids is 1. The van der Waals surface area contributed by atoms with Crippen molar-refractivity contribution in [2.45, 2.75) is 103 Å². The van der Waals surface area contributed by atoms with Gasteiger partial charge in [0.05, 0.1) is 0 Å². The largest absolute Gasteiger partial charge is 0.519 e. The molecule has 27 heavy (non-hydrogen) atoms. The molecule has 0 aromatic heterocycles. The molecule has 0 saturated heterocycles. The predicted molar refractivity (Wildman–Crippen MR) is 116 cm³/mol. The van der Waals surface area contributed by atoms with Crippen molar-refractivity contribution in [3.8, 4) is 0 Å². The standard InChI is InChI=1S/C20H44O5Si2/c1-7-26(8-2,9-3)25-20(21)18-16-14-12-10-11-13-15-17-19-27(22-4,23-5)24-6/h7-19H2,1-6H3. The third-order valence-electron chi connectivity index (χ3n) is 5.81. The van der Waals surface area contributed by atoms with Crippen LogP contribution in [0.25, 0.3) is 0 Å². The van der Waals surface area contributed by atoms with E-state index >= 15 is 0 Å². The Morgan fingerprint density at radius 3 is 1.48 bits per heavy atom. The zero-order valence-corrected chi connectivity index (χ0v) is 20.7. The fourth-order valence-electron chi connectivity index (χ4n) is 3.49. The summed E-state index contributed by atoms with van der Waals surface area (Å²) in [6.45, 7) is 6.48. The Labute approximate surface area is 170 Å². The second-order valence-electron chi connectivity index (χ2n) is 7.34. The molecule has 0 aliphatic rings. The van der Waals surface area contributed by atoms with Crippen molar-refractivity contribution in [2.75, 3.05) is 21.3 Å². The molecular weight excluding hydrogens is 376 g/mol. The Morgan fingerprint density at radius 2 is 1.07 bits per heavy atom. The molecule has 0 rings (SSSR count). The zero-order chi connectivity index (χ0) is 20.6. The van der Waals surface area contributed by atoms with Crippen LogP contribution in [0.4, 0.5) is 0 Å². The van der Waals surface area contributed by atoms with E-state index in [9.17, 15) is 4.79 Å². The molecule has 162 valence electrons. The van der Waals surface area contributed by atoms with Gasteiger partial charge in [-0.25, -0.2) is 0 Å². The Kier molecular flexibility index (Phi) is 15.6. The molecule has 0 saturated carbocycles. The maximum Gasteiger partial charge on any atom is 0.500 e. The van der Waals surface area contributed by atoms with Gasteiger partial charge in [0.1, 0.15) is 0 Å². The number of carbonyl (C=O) groups is 1. The van der Waals surface area contributed by atoms with Gasteiger partial charge in [0.25, 0.3) is 14.3 Å². The quantitative estimate of drug-likeness (QED) is 0.203. The topological polar surface area (TPSA) is 54.0 Å². The molecule has 0 radical (unpaired) electrons. The van der Waals surface area contributed by atoms with E-state index in [0.717, 1.165) is 43.4 Å². The minimum atomic E-state index is -2.38. The van der Waals surface area contributed by atoms with Crippen LogP contribution < -0.4 is 0 Å². The van der Waals surface area contributed by atoms with E-state index in [4.69, 9.17) is 17.7 Å². The lowest BCUT2D eigenvalue weighted by Crippen LogP contribution is -2.42. The molecule has 0 amide bonds. The van der Waals surface area contributed by atoms with Gasteiger partial charge >= 0.3 is 8.80 Å². The number of rotatable bonds is 18. The van der Waals surface area contributed by atoms with Crippen LogP contribution in [-0.2, 0) is 22.5 Å². The summed E-state index contributed by atoms with van der Waals surface area (Å²) >= 11 is 0. The first-order valence-electron chi connectivity index (χ1n) is 10.8. The second kappa shape index (κ2) is 15.7. The summed E-state index contributed by atoms with van der Waals surface area (Å²) in [6.07, 6.45) is 9.90. The Morgan fingerprint density at radius 1 is 0.667 bits per heavy atom. The highest BCUT2D eigenvalue weighted by Gasteiger charge is 2.36. The highest BCUT2D eigenvalue weighted by Crippen LogP contribution is 2.23. The summed E-state index contributed by atoms with van der Waals surface area (Å²) in [4.78, 5) is 12.1. The molecule has 0 fully saturated rings. The minimum absolute atomic E-state index is 0.0364. The highest BCUT2D eigenvalue weighted by atomic mass is 28.4. The van der Waals surface area contributed by atoms with E-state index < -0.39 is 17.1 Å². The highest BCUT2D eigenvalue weighted by molar-refractivity contribution is 6.74. The van der Waals surface area contributed by atoms with Gasteiger partial charge < -0.3 is 17.7 Å². The Hall–Kier alpha value is -0.216. The van der Waals surface area contributed by atoms with Crippen molar-refractivity contribution in [1.29, 1.82) is 0 Å². The lowest BCUT2D eigenvalue weighted by Gasteiger charge is -2.27. The van der Waals surface area contributed by atoms with Crippen LogP contribution in [0.15, 0.2) is 0 Å². The molecule has 0 heterocycles. The lowest BCUT2D eigenvalue weighted by molar-refractivity contribution is -0.135. The van der Waals surface area contributed by atoms with E-state index in [0.29, 0.717) is 6.42 Å². The van der Waals surface area contributed by atoms with E-state index in [1.54, 1.807) is 21.3 Å². The molecule has 0 atom stereocenters. The van der Waals surface area contributed by atoms with Crippen LogP contribution in [0.2, 0.25) is 24.2 Å². The summed E-state index contributed by atoms with van der Waals surface area (Å²) in [5, 5.41) is 0. The van der Waals surface area contributed by atoms with Gasteiger partial charge in [-0.3, -0.25) is 4.79 Å². The molecule has 0 aliphatic heterocycles. The first-order valence-corrected chi connectivity index (χ1v) is 15.3. The van der Waals surface area contributed by atoms with E-state index in [-0.39, 0.29) is 5.97 Å². The second-order valence-corrected chi connectivity index (χ2v) is 15.1. The van der Waals surface area contributed by atoms with Crippen molar-refractivity contribution in [3.63, 3.8) is 0 Å². The molecule has 0 unspecified atom stereocenters. The summed E-state index contributed by atoms with van der Waals surface area (Å²) in [5.41, 5.74) is 0. The van der Waals surface area contributed by atoms with Crippen molar-refractivity contribution in [1.82, 2.24) is 0 Å². The molecular formula is C20H44O5Si2.